The van der Waals surface area contributed by atoms with E-state index in [2.05, 4.69) is 10.3 Å². The Morgan fingerprint density at radius 2 is 1.67 bits per heavy atom. The van der Waals surface area contributed by atoms with Gasteiger partial charge in [-0.2, -0.15) is 0 Å². The van der Waals surface area contributed by atoms with Crippen LogP contribution >= 0.6 is 0 Å². The quantitative estimate of drug-likeness (QED) is 0.327. The van der Waals surface area contributed by atoms with Gasteiger partial charge in [-0.3, -0.25) is 19.9 Å². The minimum absolute atomic E-state index is 0.00692. The third-order valence-electron chi connectivity index (χ3n) is 5.25. The van der Waals surface area contributed by atoms with Crippen molar-refractivity contribution in [3.05, 3.63) is 106 Å². The summed E-state index contributed by atoms with van der Waals surface area (Å²) in [5.74, 6) is -1.73. The van der Waals surface area contributed by atoms with Crippen LogP contribution in [-0.4, -0.2) is 32.9 Å². The Hall–Kier alpha value is -4.59. The summed E-state index contributed by atoms with van der Waals surface area (Å²) in [6.07, 6.45) is 1.65. The maximum atomic E-state index is 12.6. The van der Waals surface area contributed by atoms with Gasteiger partial charge in [-0.1, -0.05) is 60.7 Å². The van der Waals surface area contributed by atoms with E-state index in [4.69, 9.17) is 0 Å². The first-order valence-corrected chi connectivity index (χ1v) is 10.1. The number of hydrogen-bond acceptors (Lipinski definition) is 5. The van der Waals surface area contributed by atoms with Crippen LogP contribution in [0.15, 0.2) is 85.1 Å². The topological polar surface area (TPSA) is 122 Å². The molecule has 0 fully saturated rings. The largest absolute Gasteiger partial charge is 0.480 e. The number of carboxylic acid groups (broad SMARTS) is 1. The van der Waals surface area contributed by atoms with Crippen molar-refractivity contribution in [3.63, 3.8) is 0 Å². The number of non-ortho nitro benzene ring substituents is 1. The summed E-state index contributed by atoms with van der Waals surface area (Å²) in [5, 5.41) is 24.9. The number of carboxylic acids is 1. The van der Waals surface area contributed by atoms with Gasteiger partial charge >= 0.3 is 5.97 Å². The lowest BCUT2D eigenvalue weighted by atomic mass is 10.00. The molecule has 2 N–H and O–H groups in total. The van der Waals surface area contributed by atoms with Crippen LogP contribution in [0, 0.1) is 10.1 Å². The number of amides is 1. The third kappa shape index (κ3) is 5.01. The number of hydrogen-bond donors (Lipinski definition) is 2. The van der Waals surface area contributed by atoms with Crippen LogP contribution in [0.1, 0.15) is 16.1 Å². The number of nitro groups is 1. The number of aliphatic carboxylic acids is 1. The van der Waals surface area contributed by atoms with E-state index in [0.717, 1.165) is 16.3 Å². The fourth-order valence-corrected chi connectivity index (χ4v) is 3.51. The number of carbonyl (C=O) groups excluding carboxylic acids is 1. The molecule has 0 aliphatic heterocycles. The zero-order chi connectivity index (χ0) is 23.4. The molecule has 1 aromatic heterocycles. The van der Waals surface area contributed by atoms with Gasteiger partial charge in [-0.05, 0) is 28.1 Å². The van der Waals surface area contributed by atoms with Crippen molar-refractivity contribution in [3.8, 4) is 11.1 Å². The predicted octanol–water partition coefficient (Wildman–Crippen LogP) is 4.24. The van der Waals surface area contributed by atoms with Crippen molar-refractivity contribution in [2.24, 2.45) is 0 Å². The maximum absolute atomic E-state index is 12.6. The molecule has 1 unspecified atom stereocenters. The maximum Gasteiger partial charge on any atom is 0.326 e. The molecule has 0 aliphatic rings. The van der Waals surface area contributed by atoms with Crippen molar-refractivity contribution < 1.29 is 19.6 Å². The number of pyridine rings is 1. The van der Waals surface area contributed by atoms with Crippen LogP contribution in [0.25, 0.3) is 21.9 Å². The molecule has 1 atom stereocenters. The fourth-order valence-electron chi connectivity index (χ4n) is 3.51. The molecule has 1 amide bonds. The van der Waals surface area contributed by atoms with E-state index in [1.54, 1.807) is 48.7 Å². The monoisotopic (exact) mass is 441 g/mol. The minimum Gasteiger partial charge on any atom is -0.480 e. The number of nitrogens with zero attached hydrogens (tertiary/aromatic N) is 2. The first-order chi connectivity index (χ1) is 15.9. The van der Waals surface area contributed by atoms with E-state index in [1.165, 1.54) is 12.1 Å². The summed E-state index contributed by atoms with van der Waals surface area (Å²) >= 11 is 0. The van der Waals surface area contributed by atoms with Crippen molar-refractivity contribution >= 4 is 28.3 Å². The van der Waals surface area contributed by atoms with E-state index < -0.39 is 22.8 Å². The van der Waals surface area contributed by atoms with Crippen molar-refractivity contribution in [2.45, 2.75) is 12.5 Å². The van der Waals surface area contributed by atoms with E-state index in [1.807, 2.05) is 24.3 Å². The Morgan fingerprint density at radius 1 is 0.939 bits per heavy atom. The number of carbonyl (C=O) groups is 2. The van der Waals surface area contributed by atoms with Crippen LogP contribution < -0.4 is 5.32 Å². The molecule has 8 nitrogen and oxygen atoms in total. The second-order valence-electron chi connectivity index (χ2n) is 7.49. The molecule has 0 bridgehead atoms. The number of rotatable bonds is 7. The molecular formula is C25H19N3O5. The molecule has 3 aromatic carbocycles. The summed E-state index contributed by atoms with van der Waals surface area (Å²) in [5.41, 5.74) is 2.27. The molecule has 8 heteroatoms. The summed E-state index contributed by atoms with van der Waals surface area (Å²) in [4.78, 5) is 39.1. The first kappa shape index (κ1) is 21.6. The van der Waals surface area contributed by atoms with Gasteiger partial charge in [0.05, 0.1) is 4.92 Å². The fraction of sp³-hybridized carbons (Fsp3) is 0.0800. The van der Waals surface area contributed by atoms with Crippen LogP contribution in [0.3, 0.4) is 0 Å². The van der Waals surface area contributed by atoms with Gasteiger partial charge in [0.2, 0.25) is 0 Å². The van der Waals surface area contributed by atoms with Crippen LogP contribution in [0.2, 0.25) is 0 Å². The molecule has 33 heavy (non-hydrogen) atoms. The Labute approximate surface area is 188 Å². The Bertz CT molecular complexity index is 1350. The van der Waals surface area contributed by atoms with Crippen molar-refractivity contribution in [1.82, 2.24) is 10.3 Å². The van der Waals surface area contributed by atoms with Gasteiger partial charge in [0.1, 0.15) is 11.7 Å². The molecule has 0 saturated carbocycles. The molecule has 0 radical (unpaired) electrons. The minimum atomic E-state index is -1.16. The number of nitrogens with one attached hydrogen (secondary N) is 1. The van der Waals surface area contributed by atoms with Crippen LogP contribution in [0.5, 0.6) is 0 Å². The van der Waals surface area contributed by atoms with E-state index in [9.17, 15) is 24.8 Å². The lowest BCUT2D eigenvalue weighted by Gasteiger charge is -2.15. The number of fused-ring (bicyclic) bond motifs is 1. The lowest BCUT2D eigenvalue weighted by molar-refractivity contribution is -0.384. The van der Waals surface area contributed by atoms with E-state index in [0.29, 0.717) is 11.1 Å². The first-order valence-electron chi connectivity index (χ1n) is 10.1. The normalized spacial score (nSPS) is 11.6. The highest BCUT2D eigenvalue weighted by atomic mass is 16.6. The summed E-state index contributed by atoms with van der Waals surface area (Å²) in [6, 6.07) is 21.2. The smallest absolute Gasteiger partial charge is 0.326 e. The van der Waals surface area contributed by atoms with Crippen molar-refractivity contribution in [2.75, 3.05) is 0 Å². The highest BCUT2D eigenvalue weighted by molar-refractivity contribution is 5.98. The van der Waals surface area contributed by atoms with Crippen LogP contribution in [0.4, 0.5) is 5.69 Å². The Balaban J connectivity index is 1.48. The summed E-state index contributed by atoms with van der Waals surface area (Å²) < 4.78 is 0. The van der Waals surface area contributed by atoms with Gasteiger partial charge in [-0.15, -0.1) is 0 Å². The molecule has 4 rings (SSSR count). The standard InChI is InChI=1S/C25H19N3O5/c29-24(22-14-19-4-1-2-5-20(19)15-26-22)27-23(25(30)31)12-16-8-10-17(11-9-16)18-6-3-7-21(13-18)28(32)33/h1-11,13-15,23H,12H2,(H,27,29)(H,30,31). The van der Waals surface area contributed by atoms with Gasteiger partial charge in [0.15, 0.2) is 0 Å². The highest BCUT2D eigenvalue weighted by Crippen LogP contribution is 2.24. The van der Waals surface area contributed by atoms with Gasteiger partial charge in [0, 0.05) is 30.1 Å². The molecular weight excluding hydrogens is 422 g/mol. The number of nitro benzene ring substituents is 1. The Morgan fingerprint density at radius 3 is 2.36 bits per heavy atom. The van der Waals surface area contributed by atoms with Crippen molar-refractivity contribution in [1.29, 1.82) is 0 Å². The molecule has 1 heterocycles. The van der Waals surface area contributed by atoms with Gasteiger partial charge in [-0.25, -0.2) is 4.79 Å². The van der Waals surface area contributed by atoms with Gasteiger partial charge < -0.3 is 10.4 Å². The highest BCUT2D eigenvalue weighted by Gasteiger charge is 2.22. The lowest BCUT2D eigenvalue weighted by Crippen LogP contribution is -2.42. The average molecular weight is 441 g/mol. The molecule has 164 valence electrons. The second kappa shape index (κ2) is 9.27. The SMILES string of the molecule is O=C(NC(Cc1ccc(-c2cccc([N+](=O)[O-])c2)cc1)C(=O)O)c1cc2ccccc2cn1. The van der Waals surface area contributed by atoms with Gasteiger partial charge in [0.25, 0.3) is 11.6 Å². The zero-order valence-corrected chi connectivity index (χ0v) is 17.3. The van der Waals surface area contributed by atoms with E-state index in [-0.39, 0.29) is 17.8 Å². The number of aromatic nitrogens is 1. The average Bonchev–Trinajstić information content (AvgIpc) is 2.83. The number of benzene rings is 3. The van der Waals surface area contributed by atoms with E-state index >= 15 is 0 Å². The zero-order valence-electron chi connectivity index (χ0n) is 17.3. The molecule has 0 saturated heterocycles. The molecule has 0 aliphatic carbocycles. The second-order valence-corrected chi connectivity index (χ2v) is 7.49. The third-order valence-corrected chi connectivity index (χ3v) is 5.25. The molecule has 4 aromatic rings. The molecule has 0 spiro atoms. The van der Waals surface area contributed by atoms with Crippen LogP contribution in [-0.2, 0) is 11.2 Å². The summed E-state index contributed by atoms with van der Waals surface area (Å²) in [7, 11) is 0. The predicted molar refractivity (Wildman–Crippen MR) is 123 cm³/mol. The Kier molecular flexibility index (Phi) is 6.08. The summed E-state index contributed by atoms with van der Waals surface area (Å²) in [6.45, 7) is 0.